The van der Waals surface area contributed by atoms with Crippen molar-refractivity contribution in [3.63, 3.8) is 0 Å². The van der Waals surface area contributed by atoms with Crippen molar-refractivity contribution in [2.45, 2.75) is 26.8 Å². The zero-order chi connectivity index (χ0) is 12.7. The highest BCUT2D eigenvalue weighted by Crippen LogP contribution is 2.15. The first-order chi connectivity index (χ1) is 8.22. The second-order valence-corrected chi connectivity index (χ2v) is 3.94. The van der Waals surface area contributed by atoms with Crippen molar-refractivity contribution in [2.24, 2.45) is 0 Å². The summed E-state index contributed by atoms with van der Waals surface area (Å²) in [5.74, 6) is 2.66. The van der Waals surface area contributed by atoms with Gasteiger partial charge in [0.2, 0.25) is 0 Å². The first kappa shape index (κ1) is 13.5. The minimum atomic E-state index is 0.289. The van der Waals surface area contributed by atoms with Crippen LogP contribution in [0.5, 0.6) is 0 Å². The number of rotatable bonds is 6. The van der Waals surface area contributed by atoms with Crippen molar-refractivity contribution in [3.8, 4) is 12.3 Å². The Hall–Kier alpha value is -1.53. The van der Waals surface area contributed by atoms with Crippen LogP contribution in [0.3, 0.4) is 0 Å². The number of nitrogens with zero attached hydrogens (tertiary/aromatic N) is 2. The topological polar surface area (TPSA) is 28.2 Å². The number of pyridine rings is 1. The van der Waals surface area contributed by atoms with Gasteiger partial charge in [0.15, 0.2) is 0 Å². The summed E-state index contributed by atoms with van der Waals surface area (Å²) in [6.45, 7) is 8.77. The first-order valence-electron chi connectivity index (χ1n) is 6.10. The normalized spacial score (nSPS) is 11.9. The van der Waals surface area contributed by atoms with Gasteiger partial charge in [-0.15, -0.1) is 6.42 Å². The molecule has 1 atom stereocenters. The number of terminal acetylenes is 1. The van der Waals surface area contributed by atoms with Gasteiger partial charge in [0, 0.05) is 12.6 Å². The van der Waals surface area contributed by atoms with Crippen LogP contribution in [-0.2, 0) is 0 Å². The number of anilines is 1. The molecule has 0 aliphatic heterocycles. The van der Waals surface area contributed by atoms with Gasteiger partial charge in [-0.25, -0.2) is 0 Å². The summed E-state index contributed by atoms with van der Waals surface area (Å²) in [7, 11) is 0. The Kier molecular flexibility index (Phi) is 5.51. The van der Waals surface area contributed by atoms with Crippen LogP contribution in [0.2, 0.25) is 0 Å². The van der Waals surface area contributed by atoms with Crippen LogP contribution in [0.4, 0.5) is 5.69 Å². The van der Waals surface area contributed by atoms with Gasteiger partial charge in [-0.2, -0.15) is 0 Å². The van der Waals surface area contributed by atoms with E-state index in [2.05, 4.69) is 54.0 Å². The highest BCUT2D eigenvalue weighted by molar-refractivity contribution is 5.45. The fourth-order valence-electron chi connectivity index (χ4n) is 1.75. The zero-order valence-corrected chi connectivity index (χ0v) is 10.9. The molecule has 3 nitrogen and oxygen atoms in total. The highest BCUT2D eigenvalue weighted by Gasteiger charge is 2.07. The lowest BCUT2D eigenvalue weighted by molar-refractivity contribution is 0.583. The Morgan fingerprint density at radius 3 is 2.71 bits per heavy atom. The average molecular weight is 231 g/mol. The Balaban J connectivity index is 2.76. The van der Waals surface area contributed by atoms with Gasteiger partial charge in [-0.05, 0) is 32.5 Å². The highest BCUT2D eigenvalue weighted by atomic mass is 15.1. The molecule has 1 rings (SSSR count). The molecular formula is C14H21N3. The fourth-order valence-corrected chi connectivity index (χ4v) is 1.75. The third-order valence-corrected chi connectivity index (χ3v) is 2.75. The zero-order valence-electron chi connectivity index (χ0n) is 10.9. The molecule has 1 aromatic heterocycles. The van der Waals surface area contributed by atoms with Crippen molar-refractivity contribution in [1.29, 1.82) is 0 Å². The molecule has 17 heavy (non-hydrogen) atoms. The van der Waals surface area contributed by atoms with Crippen LogP contribution in [0.25, 0.3) is 0 Å². The van der Waals surface area contributed by atoms with Crippen molar-refractivity contribution in [3.05, 3.63) is 24.0 Å². The summed E-state index contributed by atoms with van der Waals surface area (Å²) in [5, 5.41) is 3.34. The molecule has 0 saturated heterocycles. The lowest BCUT2D eigenvalue weighted by atomic mass is 10.2. The molecule has 3 heteroatoms. The maximum Gasteiger partial charge on any atom is 0.0792 e. The van der Waals surface area contributed by atoms with E-state index >= 15 is 0 Å². The van der Waals surface area contributed by atoms with E-state index in [-0.39, 0.29) is 6.04 Å². The summed E-state index contributed by atoms with van der Waals surface area (Å²) >= 11 is 0. The van der Waals surface area contributed by atoms with Gasteiger partial charge in [0.1, 0.15) is 0 Å². The van der Waals surface area contributed by atoms with Gasteiger partial charge in [-0.1, -0.05) is 12.8 Å². The molecular weight excluding hydrogens is 210 g/mol. The van der Waals surface area contributed by atoms with E-state index in [0.29, 0.717) is 6.54 Å². The molecule has 0 fully saturated rings. The van der Waals surface area contributed by atoms with Crippen molar-refractivity contribution >= 4 is 5.69 Å². The summed E-state index contributed by atoms with van der Waals surface area (Å²) in [4.78, 5) is 6.60. The molecule has 0 radical (unpaired) electrons. The van der Waals surface area contributed by atoms with Gasteiger partial charge in [0.05, 0.1) is 24.1 Å². The van der Waals surface area contributed by atoms with E-state index in [0.717, 1.165) is 24.5 Å². The Morgan fingerprint density at radius 2 is 2.24 bits per heavy atom. The Labute approximate surface area is 104 Å². The van der Waals surface area contributed by atoms with Crippen molar-refractivity contribution in [2.75, 3.05) is 24.5 Å². The molecule has 92 valence electrons. The van der Waals surface area contributed by atoms with E-state index in [9.17, 15) is 0 Å². The molecule has 0 saturated carbocycles. The average Bonchev–Trinajstić information content (AvgIpc) is 2.36. The number of hydrogen-bond acceptors (Lipinski definition) is 3. The molecule has 1 N–H and O–H groups in total. The molecule has 0 aromatic carbocycles. The van der Waals surface area contributed by atoms with E-state index in [4.69, 9.17) is 6.42 Å². The van der Waals surface area contributed by atoms with Crippen LogP contribution in [0, 0.1) is 12.3 Å². The lowest BCUT2D eigenvalue weighted by Gasteiger charge is -2.20. The third-order valence-electron chi connectivity index (χ3n) is 2.75. The van der Waals surface area contributed by atoms with Gasteiger partial charge in [0.25, 0.3) is 0 Å². The minimum Gasteiger partial charge on any atom is -0.359 e. The lowest BCUT2D eigenvalue weighted by Crippen LogP contribution is -2.23. The maximum absolute atomic E-state index is 5.34. The van der Waals surface area contributed by atoms with E-state index in [1.165, 1.54) is 0 Å². The van der Waals surface area contributed by atoms with Gasteiger partial charge < -0.3 is 10.2 Å². The first-order valence-corrected chi connectivity index (χ1v) is 6.10. The second kappa shape index (κ2) is 6.93. The molecule has 1 aromatic rings. The predicted molar refractivity (Wildman–Crippen MR) is 73.0 cm³/mol. The molecule has 0 spiro atoms. The standard InChI is InChI=1S/C14H21N3/c1-5-10-17(7-3)13-8-9-14(16-11-13)12(4)15-6-2/h1,8-9,11-12,15H,6-7,10H2,2-4H3. The molecule has 0 amide bonds. The van der Waals surface area contributed by atoms with Crippen LogP contribution in [0.15, 0.2) is 18.3 Å². The fraction of sp³-hybridized carbons (Fsp3) is 0.500. The summed E-state index contributed by atoms with van der Waals surface area (Å²) in [6, 6.07) is 4.43. The largest absolute Gasteiger partial charge is 0.359 e. The van der Waals surface area contributed by atoms with E-state index < -0.39 is 0 Å². The molecule has 0 bridgehead atoms. The number of aromatic nitrogens is 1. The van der Waals surface area contributed by atoms with Crippen LogP contribution < -0.4 is 10.2 Å². The molecule has 0 aliphatic carbocycles. The SMILES string of the molecule is C#CCN(CC)c1ccc(C(C)NCC)nc1. The second-order valence-electron chi connectivity index (χ2n) is 3.94. The van der Waals surface area contributed by atoms with E-state index in [1.54, 1.807) is 0 Å². The summed E-state index contributed by atoms with van der Waals surface area (Å²) in [5.41, 5.74) is 2.14. The third kappa shape index (κ3) is 3.76. The number of hydrogen-bond donors (Lipinski definition) is 1. The molecule has 1 heterocycles. The van der Waals surface area contributed by atoms with Crippen LogP contribution in [-0.4, -0.2) is 24.6 Å². The van der Waals surface area contributed by atoms with Crippen LogP contribution in [0.1, 0.15) is 32.5 Å². The molecule has 1 unspecified atom stereocenters. The van der Waals surface area contributed by atoms with E-state index in [1.807, 2.05) is 6.20 Å². The quantitative estimate of drug-likeness (QED) is 0.761. The maximum atomic E-state index is 5.34. The van der Waals surface area contributed by atoms with Crippen molar-refractivity contribution in [1.82, 2.24) is 10.3 Å². The Bertz CT molecular complexity index is 364. The summed E-state index contributed by atoms with van der Waals surface area (Å²) in [6.07, 6.45) is 7.23. The predicted octanol–water partition coefficient (Wildman–Crippen LogP) is 2.21. The minimum absolute atomic E-state index is 0.289. The van der Waals surface area contributed by atoms with Crippen molar-refractivity contribution < 1.29 is 0 Å². The molecule has 0 aliphatic rings. The van der Waals surface area contributed by atoms with Gasteiger partial charge >= 0.3 is 0 Å². The number of nitrogens with one attached hydrogen (secondary N) is 1. The van der Waals surface area contributed by atoms with Gasteiger partial charge in [-0.3, -0.25) is 4.98 Å². The smallest absolute Gasteiger partial charge is 0.0792 e. The monoisotopic (exact) mass is 231 g/mol. The Morgan fingerprint density at radius 1 is 1.47 bits per heavy atom. The van der Waals surface area contributed by atoms with Crippen LogP contribution >= 0.6 is 0 Å². The summed E-state index contributed by atoms with van der Waals surface area (Å²) < 4.78 is 0.